The monoisotopic (exact) mass is 329 g/mol. The van der Waals surface area contributed by atoms with E-state index in [1.807, 2.05) is 35.7 Å². The van der Waals surface area contributed by atoms with E-state index in [9.17, 15) is 4.79 Å². The fourth-order valence-electron chi connectivity index (χ4n) is 1.93. The maximum atomic E-state index is 12.3. The van der Waals surface area contributed by atoms with Crippen LogP contribution in [0.2, 0.25) is 5.02 Å². The number of benzene rings is 2. The maximum Gasteiger partial charge on any atom is 0.274 e. The maximum absolute atomic E-state index is 12.3. The average Bonchev–Trinajstić information content (AvgIpc) is 3.05. The van der Waals surface area contributed by atoms with E-state index in [0.29, 0.717) is 15.7 Å². The van der Waals surface area contributed by atoms with Crippen molar-refractivity contribution in [2.75, 3.05) is 5.01 Å². The Morgan fingerprint density at radius 3 is 2.45 bits per heavy atom. The van der Waals surface area contributed by atoms with Crippen LogP contribution >= 0.6 is 22.9 Å². The molecule has 0 spiro atoms. The van der Waals surface area contributed by atoms with Gasteiger partial charge in [-0.05, 0) is 24.3 Å². The van der Waals surface area contributed by atoms with E-state index in [-0.39, 0.29) is 5.91 Å². The van der Waals surface area contributed by atoms with Gasteiger partial charge in [0.15, 0.2) is 0 Å². The minimum Gasteiger partial charge on any atom is -0.267 e. The first kappa shape index (κ1) is 14.7. The molecule has 0 aliphatic rings. The highest BCUT2D eigenvalue weighted by atomic mass is 35.5. The van der Waals surface area contributed by atoms with E-state index in [1.165, 1.54) is 11.3 Å². The highest BCUT2D eigenvalue weighted by Gasteiger charge is 2.17. The summed E-state index contributed by atoms with van der Waals surface area (Å²) in [6.45, 7) is 0. The summed E-state index contributed by atoms with van der Waals surface area (Å²) in [5.41, 5.74) is 2.24. The van der Waals surface area contributed by atoms with E-state index < -0.39 is 0 Å². The highest BCUT2D eigenvalue weighted by Crippen LogP contribution is 2.26. The normalized spacial score (nSPS) is 10.5. The summed E-state index contributed by atoms with van der Waals surface area (Å²) in [7, 11) is 0. The first-order chi connectivity index (χ1) is 10.6. The fraction of sp³-hybridized carbons (Fsp3) is 0. The molecule has 0 atom stereocenters. The standard InChI is InChI=1S/C16H12ClN3OS/c17-13-8-6-12(7-9-13)15(21)20(18)16-19-14(10-22-16)11-4-2-1-3-5-11/h1-10H,18H2. The van der Waals surface area contributed by atoms with Gasteiger partial charge in [0.1, 0.15) is 0 Å². The molecule has 2 N–H and O–H groups in total. The number of hydrogen-bond acceptors (Lipinski definition) is 4. The summed E-state index contributed by atoms with van der Waals surface area (Å²) in [6, 6.07) is 16.3. The Kier molecular flexibility index (Phi) is 4.20. The fourth-order valence-corrected chi connectivity index (χ4v) is 2.81. The molecule has 0 radical (unpaired) electrons. The minimum atomic E-state index is -0.328. The zero-order valence-corrected chi connectivity index (χ0v) is 13.0. The smallest absolute Gasteiger partial charge is 0.267 e. The Balaban J connectivity index is 1.83. The van der Waals surface area contributed by atoms with Crippen molar-refractivity contribution in [2.24, 2.45) is 5.84 Å². The molecule has 1 amide bonds. The number of carbonyl (C=O) groups is 1. The van der Waals surface area contributed by atoms with Crippen LogP contribution in [0.25, 0.3) is 11.3 Å². The van der Waals surface area contributed by atoms with Crippen LogP contribution in [0.5, 0.6) is 0 Å². The van der Waals surface area contributed by atoms with Gasteiger partial charge in [0, 0.05) is 21.5 Å². The second kappa shape index (κ2) is 6.27. The van der Waals surface area contributed by atoms with Crippen molar-refractivity contribution < 1.29 is 4.79 Å². The molecule has 3 aromatic rings. The SMILES string of the molecule is NN(C(=O)c1ccc(Cl)cc1)c1nc(-c2ccccc2)cs1. The molecule has 3 rings (SSSR count). The van der Waals surface area contributed by atoms with Crippen LogP contribution in [0.15, 0.2) is 60.0 Å². The van der Waals surface area contributed by atoms with Gasteiger partial charge in [0.25, 0.3) is 5.91 Å². The first-order valence-corrected chi connectivity index (χ1v) is 7.76. The molecule has 0 saturated heterocycles. The Bertz CT molecular complexity index is 787. The molecule has 0 aliphatic carbocycles. The number of anilines is 1. The molecule has 0 unspecified atom stereocenters. The number of aromatic nitrogens is 1. The van der Waals surface area contributed by atoms with Crippen LogP contribution < -0.4 is 10.9 Å². The minimum absolute atomic E-state index is 0.328. The molecule has 0 saturated carbocycles. The van der Waals surface area contributed by atoms with Crippen molar-refractivity contribution in [1.29, 1.82) is 0 Å². The Labute approximate surface area is 136 Å². The molecule has 2 aromatic carbocycles. The lowest BCUT2D eigenvalue weighted by Gasteiger charge is -2.13. The van der Waals surface area contributed by atoms with Gasteiger partial charge in [-0.2, -0.15) is 0 Å². The van der Waals surface area contributed by atoms with E-state index in [2.05, 4.69) is 4.98 Å². The van der Waals surface area contributed by atoms with Gasteiger partial charge in [-0.25, -0.2) is 15.8 Å². The van der Waals surface area contributed by atoms with Gasteiger partial charge in [-0.3, -0.25) is 4.79 Å². The number of hydrazine groups is 1. The van der Waals surface area contributed by atoms with Gasteiger partial charge < -0.3 is 0 Å². The summed E-state index contributed by atoms with van der Waals surface area (Å²) in [5, 5.41) is 3.94. The van der Waals surface area contributed by atoms with E-state index in [0.717, 1.165) is 16.3 Å². The van der Waals surface area contributed by atoms with E-state index >= 15 is 0 Å². The van der Waals surface area contributed by atoms with Gasteiger partial charge in [-0.15, -0.1) is 11.3 Å². The molecule has 4 nitrogen and oxygen atoms in total. The van der Waals surface area contributed by atoms with Crippen LogP contribution in [0.3, 0.4) is 0 Å². The van der Waals surface area contributed by atoms with Gasteiger partial charge in [0.05, 0.1) is 5.69 Å². The predicted octanol–water partition coefficient (Wildman–Crippen LogP) is 3.98. The van der Waals surface area contributed by atoms with Crippen LogP contribution in [-0.4, -0.2) is 10.9 Å². The van der Waals surface area contributed by atoms with Crippen LogP contribution in [0.4, 0.5) is 5.13 Å². The molecule has 1 aromatic heterocycles. The van der Waals surface area contributed by atoms with Crippen molar-refractivity contribution in [3.05, 3.63) is 70.6 Å². The molecule has 0 aliphatic heterocycles. The number of amides is 1. The Hall–Kier alpha value is -2.21. The van der Waals surface area contributed by atoms with Crippen molar-refractivity contribution in [1.82, 2.24) is 4.98 Å². The van der Waals surface area contributed by atoms with Gasteiger partial charge >= 0.3 is 0 Å². The summed E-state index contributed by atoms with van der Waals surface area (Å²) >= 11 is 7.14. The van der Waals surface area contributed by atoms with Crippen molar-refractivity contribution in [3.8, 4) is 11.3 Å². The van der Waals surface area contributed by atoms with Crippen LogP contribution in [0, 0.1) is 0 Å². The summed E-state index contributed by atoms with van der Waals surface area (Å²) < 4.78 is 0. The van der Waals surface area contributed by atoms with Crippen molar-refractivity contribution in [3.63, 3.8) is 0 Å². The molecular weight excluding hydrogens is 318 g/mol. The van der Waals surface area contributed by atoms with E-state index in [4.69, 9.17) is 17.4 Å². The van der Waals surface area contributed by atoms with E-state index in [1.54, 1.807) is 24.3 Å². The number of carbonyl (C=O) groups excluding carboxylic acids is 1. The third-order valence-corrected chi connectivity index (χ3v) is 4.17. The van der Waals surface area contributed by atoms with Crippen LogP contribution in [0.1, 0.15) is 10.4 Å². The Morgan fingerprint density at radius 2 is 1.77 bits per heavy atom. The molecular formula is C16H12ClN3OS. The zero-order valence-electron chi connectivity index (χ0n) is 11.4. The lowest BCUT2D eigenvalue weighted by molar-refractivity contribution is 0.0987. The molecule has 110 valence electrons. The summed E-state index contributed by atoms with van der Waals surface area (Å²) in [5.74, 6) is 5.57. The van der Waals surface area contributed by atoms with Crippen molar-refractivity contribution >= 4 is 34.0 Å². The van der Waals surface area contributed by atoms with Gasteiger partial charge in [0.2, 0.25) is 5.13 Å². The molecule has 1 heterocycles. The topological polar surface area (TPSA) is 59.2 Å². The summed E-state index contributed by atoms with van der Waals surface area (Å²) in [6.07, 6.45) is 0. The second-order valence-electron chi connectivity index (χ2n) is 4.56. The predicted molar refractivity (Wildman–Crippen MR) is 90.0 cm³/mol. The largest absolute Gasteiger partial charge is 0.274 e. The third kappa shape index (κ3) is 3.01. The lowest BCUT2D eigenvalue weighted by atomic mass is 10.2. The molecule has 0 bridgehead atoms. The second-order valence-corrected chi connectivity index (χ2v) is 5.84. The highest BCUT2D eigenvalue weighted by molar-refractivity contribution is 7.14. The zero-order chi connectivity index (χ0) is 15.5. The quantitative estimate of drug-likeness (QED) is 0.449. The number of hydrogen-bond donors (Lipinski definition) is 1. The van der Waals surface area contributed by atoms with Gasteiger partial charge in [-0.1, -0.05) is 41.9 Å². The Morgan fingerprint density at radius 1 is 1.09 bits per heavy atom. The molecule has 22 heavy (non-hydrogen) atoms. The first-order valence-electron chi connectivity index (χ1n) is 6.51. The lowest BCUT2D eigenvalue weighted by Crippen LogP contribution is -2.37. The number of nitrogens with zero attached hydrogens (tertiary/aromatic N) is 2. The number of rotatable bonds is 3. The summed E-state index contributed by atoms with van der Waals surface area (Å²) in [4.78, 5) is 16.7. The number of halogens is 1. The third-order valence-electron chi connectivity index (χ3n) is 3.08. The molecule has 6 heteroatoms. The van der Waals surface area contributed by atoms with Crippen molar-refractivity contribution in [2.45, 2.75) is 0 Å². The van der Waals surface area contributed by atoms with Crippen LogP contribution in [-0.2, 0) is 0 Å². The average molecular weight is 330 g/mol. The molecule has 0 fully saturated rings. The number of nitrogens with two attached hydrogens (primary N) is 1. The number of thiazole rings is 1.